The Bertz CT molecular complexity index is 307. The number of hydrogen-bond donors (Lipinski definition) is 2. The first kappa shape index (κ1) is 18.8. The molecule has 0 saturated carbocycles. The van der Waals surface area contributed by atoms with E-state index in [4.69, 9.17) is 0 Å². The lowest BCUT2D eigenvalue weighted by molar-refractivity contribution is 0.434. The highest BCUT2D eigenvalue weighted by Gasteiger charge is 2.19. The highest BCUT2D eigenvalue weighted by atomic mass is 32.2. The molecule has 5 nitrogen and oxygen atoms in total. The van der Waals surface area contributed by atoms with E-state index in [-0.39, 0.29) is 6.04 Å². The molecule has 0 radical (unpaired) electrons. The van der Waals surface area contributed by atoms with Gasteiger partial charge in [0, 0.05) is 19.6 Å². The highest BCUT2D eigenvalue weighted by Crippen LogP contribution is 2.07. The van der Waals surface area contributed by atoms with Crippen LogP contribution in [0.5, 0.6) is 0 Å². The second kappa shape index (κ2) is 10.6. The predicted molar refractivity (Wildman–Crippen MR) is 81.5 cm³/mol. The Morgan fingerprint density at radius 1 is 1.16 bits per heavy atom. The van der Waals surface area contributed by atoms with Gasteiger partial charge in [0.15, 0.2) is 0 Å². The molecule has 6 heteroatoms. The van der Waals surface area contributed by atoms with Gasteiger partial charge in [0.2, 0.25) is 0 Å². The van der Waals surface area contributed by atoms with Gasteiger partial charge in [-0.05, 0) is 33.4 Å². The Balaban J connectivity index is 3.98. The van der Waals surface area contributed by atoms with Gasteiger partial charge in [-0.25, -0.2) is 0 Å². The van der Waals surface area contributed by atoms with Crippen LogP contribution in [0, 0.1) is 0 Å². The minimum Gasteiger partial charge on any atom is -0.320 e. The van der Waals surface area contributed by atoms with Crippen molar-refractivity contribution in [1.29, 1.82) is 0 Å². The minimum atomic E-state index is -3.33. The van der Waals surface area contributed by atoms with Crippen LogP contribution >= 0.6 is 0 Å². The molecule has 0 aliphatic carbocycles. The zero-order valence-corrected chi connectivity index (χ0v) is 13.7. The van der Waals surface area contributed by atoms with E-state index in [9.17, 15) is 8.42 Å². The predicted octanol–water partition coefficient (Wildman–Crippen LogP) is 1.72. The lowest BCUT2D eigenvalue weighted by Crippen LogP contribution is -2.43. The van der Waals surface area contributed by atoms with Crippen LogP contribution in [-0.2, 0) is 10.2 Å². The molecule has 0 aromatic carbocycles. The molecule has 116 valence electrons. The molecule has 0 spiro atoms. The van der Waals surface area contributed by atoms with Crippen molar-refractivity contribution in [3.63, 3.8) is 0 Å². The second-order valence-electron chi connectivity index (χ2n) is 5.15. The zero-order chi connectivity index (χ0) is 14.7. The number of nitrogens with one attached hydrogen (secondary N) is 2. The fourth-order valence-corrected chi connectivity index (χ4v) is 3.05. The average molecular weight is 293 g/mol. The van der Waals surface area contributed by atoms with E-state index >= 15 is 0 Å². The highest BCUT2D eigenvalue weighted by molar-refractivity contribution is 7.87. The first-order valence-electron chi connectivity index (χ1n) is 7.32. The summed E-state index contributed by atoms with van der Waals surface area (Å²) in [6.07, 6.45) is 6.42. The van der Waals surface area contributed by atoms with Gasteiger partial charge in [0.05, 0.1) is 0 Å². The molecule has 2 N–H and O–H groups in total. The standard InChI is InChI=1S/C13H31N3O2S/c1-5-6-7-8-10-13(2)15-19(17,18)16(4)12-9-11-14-3/h13-15H,5-12H2,1-4H3. The van der Waals surface area contributed by atoms with Crippen molar-refractivity contribution in [2.24, 2.45) is 0 Å². The summed E-state index contributed by atoms with van der Waals surface area (Å²) in [6.45, 7) is 5.47. The van der Waals surface area contributed by atoms with Gasteiger partial charge >= 0.3 is 0 Å². The van der Waals surface area contributed by atoms with Crippen molar-refractivity contribution < 1.29 is 8.42 Å². The lowest BCUT2D eigenvalue weighted by Gasteiger charge is -2.21. The van der Waals surface area contributed by atoms with Crippen molar-refractivity contribution in [3.05, 3.63) is 0 Å². The third-order valence-corrected chi connectivity index (χ3v) is 4.85. The monoisotopic (exact) mass is 293 g/mol. The van der Waals surface area contributed by atoms with E-state index in [0.717, 1.165) is 25.8 Å². The molecule has 0 saturated heterocycles. The van der Waals surface area contributed by atoms with Gasteiger partial charge in [-0.15, -0.1) is 0 Å². The number of nitrogens with zero attached hydrogens (tertiary/aromatic N) is 1. The summed E-state index contributed by atoms with van der Waals surface area (Å²) in [6, 6.07) is 0.00797. The van der Waals surface area contributed by atoms with Gasteiger partial charge in [-0.3, -0.25) is 0 Å². The molecular formula is C13H31N3O2S. The Morgan fingerprint density at radius 2 is 1.84 bits per heavy atom. The summed E-state index contributed by atoms with van der Waals surface area (Å²) in [5.74, 6) is 0. The second-order valence-corrected chi connectivity index (χ2v) is 6.96. The molecule has 0 aliphatic heterocycles. The largest absolute Gasteiger partial charge is 0.320 e. The summed E-state index contributed by atoms with van der Waals surface area (Å²) >= 11 is 0. The molecule has 0 bridgehead atoms. The minimum absolute atomic E-state index is 0.00797. The maximum Gasteiger partial charge on any atom is 0.279 e. The Morgan fingerprint density at radius 3 is 2.42 bits per heavy atom. The van der Waals surface area contributed by atoms with Gasteiger partial charge in [0.25, 0.3) is 10.2 Å². The van der Waals surface area contributed by atoms with Crippen LogP contribution in [0.25, 0.3) is 0 Å². The third kappa shape index (κ3) is 9.38. The van der Waals surface area contributed by atoms with Gasteiger partial charge < -0.3 is 5.32 Å². The Labute approximate surface area is 119 Å². The molecule has 19 heavy (non-hydrogen) atoms. The first-order valence-corrected chi connectivity index (χ1v) is 8.76. The summed E-state index contributed by atoms with van der Waals surface area (Å²) in [7, 11) is 0.166. The number of rotatable bonds is 12. The van der Waals surface area contributed by atoms with E-state index in [2.05, 4.69) is 17.0 Å². The van der Waals surface area contributed by atoms with Crippen molar-refractivity contribution >= 4 is 10.2 Å². The first-order chi connectivity index (χ1) is 8.94. The van der Waals surface area contributed by atoms with Crippen molar-refractivity contribution in [3.8, 4) is 0 Å². The third-order valence-electron chi connectivity index (χ3n) is 3.15. The molecule has 1 unspecified atom stereocenters. The van der Waals surface area contributed by atoms with E-state index in [1.165, 1.54) is 23.6 Å². The normalized spacial score (nSPS) is 13.9. The van der Waals surface area contributed by atoms with Crippen LogP contribution < -0.4 is 10.0 Å². The Hall–Kier alpha value is -0.170. The van der Waals surface area contributed by atoms with Crippen LogP contribution in [0.1, 0.15) is 52.4 Å². The lowest BCUT2D eigenvalue weighted by atomic mass is 10.1. The number of unbranched alkanes of at least 4 members (excludes halogenated alkanes) is 3. The maximum absolute atomic E-state index is 12.0. The van der Waals surface area contributed by atoms with Gasteiger partial charge in [0.1, 0.15) is 0 Å². The van der Waals surface area contributed by atoms with E-state index in [1.807, 2.05) is 14.0 Å². The maximum atomic E-state index is 12.0. The molecular weight excluding hydrogens is 262 g/mol. The zero-order valence-electron chi connectivity index (χ0n) is 12.9. The molecule has 0 fully saturated rings. The molecule has 1 atom stereocenters. The van der Waals surface area contributed by atoms with Crippen molar-refractivity contribution in [1.82, 2.24) is 14.3 Å². The average Bonchev–Trinajstić information content (AvgIpc) is 2.34. The molecule has 0 heterocycles. The van der Waals surface area contributed by atoms with Gasteiger partial charge in [-0.2, -0.15) is 17.4 Å². The SMILES string of the molecule is CCCCCCC(C)NS(=O)(=O)N(C)CCCNC. The topological polar surface area (TPSA) is 61.4 Å². The molecule has 0 amide bonds. The van der Waals surface area contributed by atoms with E-state index in [0.29, 0.717) is 6.54 Å². The fraction of sp³-hybridized carbons (Fsp3) is 1.00. The van der Waals surface area contributed by atoms with E-state index < -0.39 is 10.2 Å². The quantitative estimate of drug-likeness (QED) is 0.539. The summed E-state index contributed by atoms with van der Waals surface area (Å²) in [5, 5.41) is 3.01. The van der Waals surface area contributed by atoms with Crippen LogP contribution in [0.15, 0.2) is 0 Å². The Kier molecular flexibility index (Phi) is 10.5. The van der Waals surface area contributed by atoms with Crippen molar-refractivity contribution in [2.75, 3.05) is 27.2 Å². The number of hydrogen-bond acceptors (Lipinski definition) is 3. The van der Waals surface area contributed by atoms with E-state index in [1.54, 1.807) is 7.05 Å². The summed E-state index contributed by atoms with van der Waals surface area (Å²) in [5.41, 5.74) is 0. The molecule has 0 aliphatic rings. The van der Waals surface area contributed by atoms with Crippen LogP contribution in [0.3, 0.4) is 0 Å². The molecule has 0 aromatic heterocycles. The van der Waals surface area contributed by atoms with Crippen molar-refractivity contribution in [2.45, 2.75) is 58.4 Å². The summed E-state index contributed by atoms with van der Waals surface area (Å²) in [4.78, 5) is 0. The molecule has 0 rings (SSSR count). The van der Waals surface area contributed by atoms with Crippen LogP contribution in [0.4, 0.5) is 0 Å². The van der Waals surface area contributed by atoms with Gasteiger partial charge in [-0.1, -0.05) is 32.6 Å². The van der Waals surface area contributed by atoms with Crippen LogP contribution in [0.2, 0.25) is 0 Å². The fourth-order valence-electron chi connectivity index (χ4n) is 1.88. The summed E-state index contributed by atoms with van der Waals surface area (Å²) < 4.78 is 28.2. The molecule has 0 aromatic rings. The smallest absolute Gasteiger partial charge is 0.279 e. The van der Waals surface area contributed by atoms with Crippen LogP contribution in [-0.4, -0.2) is 45.9 Å².